The molecule has 6 heteroatoms. The summed E-state index contributed by atoms with van der Waals surface area (Å²) in [6.45, 7) is 3.68. The lowest BCUT2D eigenvalue weighted by molar-refractivity contribution is -0.148. The molecule has 18 heavy (non-hydrogen) atoms. The Morgan fingerprint density at radius 3 is 3.06 bits per heavy atom. The lowest BCUT2D eigenvalue weighted by Crippen LogP contribution is -2.40. The monoisotopic (exact) mass is 250 g/mol. The van der Waals surface area contributed by atoms with Crippen molar-refractivity contribution < 1.29 is 9.53 Å². The van der Waals surface area contributed by atoms with Gasteiger partial charge in [-0.05, 0) is 19.8 Å². The number of aromatic nitrogens is 2. The number of nitrogens with zero attached hydrogens (tertiary/aromatic N) is 3. The molecule has 0 amide bonds. The summed E-state index contributed by atoms with van der Waals surface area (Å²) >= 11 is 0. The molecule has 0 spiro atoms. The van der Waals surface area contributed by atoms with E-state index in [-0.39, 0.29) is 11.9 Å². The predicted octanol–water partition coefficient (Wildman–Crippen LogP) is 0.838. The molecule has 0 saturated carbocycles. The maximum absolute atomic E-state index is 11.7. The number of piperidine rings is 1. The Morgan fingerprint density at radius 1 is 1.56 bits per heavy atom. The number of esters is 1. The van der Waals surface area contributed by atoms with E-state index < -0.39 is 0 Å². The molecule has 0 aromatic carbocycles. The standard InChI is InChI=1S/C12H18N4O2/c1-2-18-12(17)9-4-3-7-16(8-9)11-10(13)14-5-6-15-11/h5-6,9H,2-4,7-8H2,1H3,(H2,13,14). The van der Waals surface area contributed by atoms with Gasteiger partial charge in [-0.1, -0.05) is 0 Å². The number of hydrogen-bond acceptors (Lipinski definition) is 6. The number of hydrogen-bond donors (Lipinski definition) is 1. The first-order chi connectivity index (χ1) is 8.72. The van der Waals surface area contributed by atoms with E-state index in [4.69, 9.17) is 10.5 Å². The van der Waals surface area contributed by atoms with Crippen molar-refractivity contribution in [1.29, 1.82) is 0 Å². The van der Waals surface area contributed by atoms with E-state index in [1.165, 1.54) is 0 Å². The van der Waals surface area contributed by atoms with Crippen LogP contribution in [0.4, 0.5) is 11.6 Å². The topological polar surface area (TPSA) is 81.3 Å². The van der Waals surface area contributed by atoms with Crippen LogP contribution in [-0.2, 0) is 9.53 Å². The van der Waals surface area contributed by atoms with Crippen LogP contribution in [0, 0.1) is 5.92 Å². The number of anilines is 2. The molecule has 1 aliphatic heterocycles. The van der Waals surface area contributed by atoms with E-state index in [9.17, 15) is 4.79 Å². The molecule has 0 aliphatic carbocycles. The second-order valence-corrected chi connectivity index (χ2v) is 4.30. The molecular weight excluding hydrogens is 232 g/mol. The largest absolute Gasteiger partial charge is 0.466 e. The van der Waals surface area contributed by atoms with E-state index in [1.54, 1.807) is 12.4 Å². The van der Waals surface area contributed by atoms with E-state index >= 15 is 0 Å². The van der Waals surface area contributed by atoms with Crippen molar-refractivity contribution in [1.82, 2.24) is 9.97 Å². The minimum absolute atomic E-state index is 0.0971. The Kier molecular flexibility index (Phi) is 3.96. The van der Waals surface area contributed by atoms with Crippen LogP contribution in [0.25, 0.3) is 0 Å². The maximum Gasteiger partial charge on any atom is 0.310 e. The summed E-state index contributed by atoms with van der Waals surface area (Å²) in [7, 11) is 0. The smallest absolute Gasteiger partial charge is 0.310 e. The molecule has 1 aromatic rings. The third-order valence-corrected chi connectivity index (χ3v) is 3.05. The highest BCUT2D eigenvalue weighted by molar-refractivity contribution is 5.74. The lowest BCUT2D eigenvalue weighted by atomic mass is 9.98. The highest BCUT2D eigenvalue weighted by Crippen LogP contribution is 2.25. The van der Waals surface area contributed by atoms with Crippen LogP contribution in [-0.4, -0.2) is 35.6 Å². The lowest BCUT2D eigenvalue weighted by Gasteiger charge is -2.32. The zero-order chi connectivity index (χ0) is 13.0. The van der Waals surface area contributed by atoms with Crippen molar-refractivity contribution >= 4 is 17.6 Å². The normalized spacial score (nSPS) is 19.6. The fourth-order valence-corrected chi connectivity index (χ4v) is 2.21. The number of nitrogen functional groups attached to an aromatic ring is 1. The average molecular weight is 250 g/mol. The van der Waals surface area contributed by atoms with Crippen molar-refractivity contribution in [2.45, 2.75) is 19.8 Å². The molecule has 2 rings (SSSR count). The summed E-state index contributed by atoms with van der Waals surface area (Å²) in [6.07, 6.45) is 4.96. The highest BCUT2D eigenvalue weighted by atomic mass is 16.5. The SMILES string of the molecule is CCOC(=O)C1CCCN(c2nccnc2N)C1. The van der Waals surface area contributed by atoms with Crippen LogP contribution < -0.4 is 10.6 Å². The van der Waals surface area contributed by atoms with Gasteiger partial charge in [-0.15, -0.1) is 0 Å². The maximum atomic E-state index is 11.7. The number of nitrogens with two attached hydrogens (primary N) is 1. The summed E-state index contributed by atoms with van der Waals surface area (Å²) < 4.78 is 5.06. The summed E-state index contributed by atoms with van der Waals surface area (Å²) in [4.78, 5) is 22.0. The molecule has 1 fully saturated rings. The van der Waals surface area contributed by atoms with E-state index in [2.05, 4.69) is 9.97 Å². The van der Waals surface area contributed by atoms with Crippen LogP contribution >= 0.6 is 0 Å². The number of carbonyl (C=O) groups is 1. The first-order valence-corrected chi connectivity index (χ1v) is 6.20. The molecule has 6 nitrogen and oxygen atoms in total. The minimum Gasteiger partial charge on any atom is -0.466 e. The van der Waals surface area contributed by atoms with Gasteiger partial charge < -0.3 is 15.4 Å². The van der Waals surface area contributed by atoms with Gasteiger partial charge in [0.1, 0.15) is 0 Å². The molecule has 2 N–H and O–H groups in total. The Hall–Kier alpha value is -1.85. The van der Waals surface area contributed by atoms with Gasteiger partial charge in [0.25, 0.3) is 0 Å². The van der Waals surface area contributed by atoms with Crippen LogP contribution in [0.1, 0.15) is 19.8 Å². The van der Waals surface area contributed by atoms with Gasteiger partial charge in [0, 0.05) is 25.5 Å². The third-order valence-electron chi connectivity index (χ3n) is 3.05. The summed E-state index contributed by atoms with van der Waals surface area (Å²) in [5.74, 6) is 0.832. The van der Waals surface area contributed by atoms with Crippen LogP contribution in [0.3, 0.4) is 0 Å². The van der Waals surface area contributed by atoms with Gasteiger partial charge in [0.2, 0.25) is 0 Å². The Morgan fingerprint density at radius 2 is 2.33 bits per heavy atom. The molecule has 1 atom stereocenters. The minimum atomic E-state index is -0.135. The van der Waals surface area contributed by atoms with Gasteiger partial charge in [0.15, 0.2) is 11.6 Å². The molecule has 98 valence electrons. The second kappa shape index (κ2) is 5.66. The molecule has 1 aliphatic rings. The Balaban J connectivity index is 2.07. The van der Waals surface area contributed by atoms with E-state index in [1.807, 2.05) is 11.8 Å². The van der Waals surface area contributed by atoms with Crippen LogP contribution in [0.15, 0.2) is 12.4 Å². The van der Waals surface area contributed by atoms with Gasteiger partial charge >= 0.3 is 5.97 Å². The summed E-state index contributed by atoms with van der Waals surface area (Å²) in [6, 6.07) is 0. The van der Waals surface area contributed by atoms with Crippen molar-refractivity contribution in [2.24, 2.45) is 5.92 Å². The third kappa shape index (κ3) is 2.69. The van der Waals surface area contributed by atoms with Crippen molar-refractivity contribution in [3.05, 3.63) is 12.4 Å². The van der Waals surface area contributed by atoms with Crippen LogP contribution in [0.2, 0.25) is 0 Å². The fraction of sp³-hybridized carbons (Fsp3) is 0.583. The zero-order valence-corrected chi connectivity index (χ0v) is 10.5. The van der Waals surface area contributed by atoms with E-state index in [0.29, 0.717) is 24.8 Å². The molecule has 1 saturated heterocycles. The Bertz CT molecular complexity index is 424. The van der Waals surface area contributed by atoms with E-state index in [0.717, 1.165) is 19.4 Å². The predicted molar refractivity (Wildman–Crippen MR) is 68.0 cm³/mol. The summed E-state index contributed by atoms with van der Waals surface area (Å²) in [5, 5.41) is 0. The highest BCUT2D eigenvalue weighted by Gasteiger charge is 2.28. The molecule has 0 radical (unpaired) electrons. The van der Waals surface area contributed by atoms with Gasteiger partial charge in [-0.2, -0.15) is 0 Å². The molecule has 0 bridgehead atoms. The van der Waals surface area contributed by atoms with Crippen LogP contribution in [0.5, 0.6) is 0 Å². The number of carbonyl (C=O) groups excluding carboxylic acids is 1. The average Bonchev–Trinajstić information content (AvgIpc) is 2.40. The first kappa shape index (κ1) is 12.6. The van der Waals surface area contributed by atoms with Crippen molar-refractivity contribution in [2.75, 3.05) is 30.3 Å². The van der Waals surface area contributed by atoms with Crippen molar-refractivity contribution in [3.8, 4) is 0 Å². The second-order valence-electron chi connectivity index (χ2n) is 4.30. The number of ether oxygens (including phenoxy) is 1. The molecule has 1 unspecified atom stereocenters. The van der Waals surface area contributed by atoms with Gasteiger partial charge in [-0.25, -0.2) is 9.97 Å². The fourth-order valence-electron chi connectivity index (χ4n) is 2.21. The molecule has 2 heterocycles. The van der Waals surface area contributed by atoms with Gasteiger partial charge in [-0.3, -0.25) is 4.79 Å². The Labute approximate surface area is 106 Å². The quantitative estimate of drug-likeness (QED) is 0.800. The molecule has 1 aromatic heterocycles. The van der Waals surface area contributed by atoms with Crippen molar-refractivity contribution in [3.63, 3.8) is 0 Å². The molecular formula is C12H18N4O2. The summed E-state index contributed by atoms with van der Waals surface area (Å²) in [5.41, 5.74) is 5.80. The van der Waals surface area contributed by atoms with Gasteiger partial charge in [0.05, 0.1) is 12.5 Å². The number of rotatable bonds is 3. The first-order valence-electron chi connectivity index (χ1n) is 6.20. The zero-order valence-electron chi connectivity index (χ0n) is 10.5.